The van der Waals surface area contributed by atoms with Gasteiger partial charge in [0.05, 0.1) is 23.3 Å². The molecule has 1 aliphatic rings. The minimum atomic E-state index is -0.588. The van der Waals surface area contributed by atoms with Crippen LogP contribution in [-0.2, 0) is 9.53 Å². The van der Waals surface area contributed by atoms with Gasteiger partial charge in [-0.1, -0.05) is 6.07 Å². The zero-order valence-corrected chi connectivity index (χ0v) is 12.0. The molecule has 0 amide bonds. The normalized spacial score (nSPS) is 17.9. The maximum atomic E-state index is 12.0. The first kappa shape index (κ1) is 14.5. The van der Waals surface area contributed by atoms with E-state index < -0.39 is 5.92 Å². The first-order valence-electron chi connectivity index (χ1n) is 6.37. The minimum Gasteiger partial charge on any atom is -0.465 e. The van der Waals surface area contributed by atoms with Gasteiger partial charge in [-0.3, -0.25) is 4.79 Å². The van der Waals surface area contributed by atoms with Crippen molar-refractivity contribution in [3.8, 4) is 12.1 Å². The number of aromatic nitrogens is 1. The summed E-state index contributed by atoms with van der Waals surface area (Å²) in [5.74, 6) is 0.152. The molecule has 0 bridgehead atoms. The number of Topliss-reactive ketones (excluding diaryl/α,β-unsaturated/α-hetero) is 1. The molecule has 5 nitrogen and oxygen atoms in total. The lowest BCUT2D eigenvalue weighted by molar-refractivity contribution is -0.114. The number of nitrogens with zero attached hydrogens (tertiary/aromatic N) is 3. The van der Waals surface area contributed by atoms with Gasteiger partial charge in [-0.2, -0.15) is 10.5 Å². The highest BCUT2D eigenvalue weighted by Gasteiger charge is 2.34. The van der Waals surface area contributed by atoms with Crippen molar-refractivity contribution in [2.75, 3.05) is 0 Å². The van der Waals surface area contributed by atoms with E-state index in [0.29, 0.717) is 28.4 Å². The van der Waals surface area contributed by atoms with Gasteiger partial charge in [0.25, 0.3) is 0 Å². The highest BCUT2D eigenvalue weighted by molar-refractivity contribution is 5.96. The number of allylic oxidation sites excluding steroid dienone is 4. The third kappa shape index (κ3) is 2.54. The van der Waals surface area contributed by atoms with Gasteiger partial charge in [0.2, 0.25) is 0 Å². The SMILES string of the molecule is CC(=O)C1=C(C)OC(C)=C(C#N)C1c1cccc(C#N)n1. The predicted octanol–water partition coefficient (Wildman–Crippen LogP) is 2.73. The Balaban J connectivity index is 2.69. The third-order valence-electron chi connectivity index (χ3n) is 3.32. The molecule has 1 aromatic rings. The van der Waals surface area contributed by atoms with Crippen LogP contribution in [0.1, 0.15) is 38.1 Å². The first-order chi connectivity index (χ1) is 9.99. The second-order valence-electron chi connectivity index (χ2n) is 4.70. The summed E-state index contributed by atoms with van der Waals surface area (Å²) < 4.78 is 5.50. The first-order valence-corrected chi connectivity index (χ1v) is 6.37. The van der Waals surface area contributed by atoms with Gasteiger partial charge in [-0.05, 0) is 32.9 Å². The van der Waals surface area contributed by atoms with Crippen LogP contribution in [0, 0.1) is 22.7 Å². The molecule has 0 aliphatic carbocycles. The van der Waals surface area contributed by atoms with Crippen LogP contribution < -0.4 is 0 Å². The van der Waals surface area contributed by atoms with Crippen LogP contribution in [0.5, 0.6) is 0 Å². The van der Waals surface area contributed by atoms with Crippen molar-refractivity contribution in [2.24, 2.45) is 0 Å². The second-order valence-corrected chi connectivity index (χ2v) is 4.70. The summed E-state index contributed by atoms with van der Waals surface area (Å²) in [6.07, 6.45) is 0. The van der Waals surface area contributed by atoms with E-state index in [9.17, 15) is 10.1 Å². The number of pyridine rings is 1. The Morgan fingerprint density at radius 3 is 2.52 bits per heavy atom. The monoisotopic (exact) mass is 279 g/mol. The van der Waals surface area contributed by atoms with Crippen molar-refractivity contribution in [1.82, 2.24) is 4.98 Å². The van der Waals surface area contributed by atoms with Crippen LogP contribution in [0.2, 0.25) is 0 Å². The molecule has 0 spiro atoms. The van der Waals surface area contributed by atoms with Gasteiger partial charge in [0, 0.05) is 5.57 Å². The van der Waals surface area contributed by atoms with Crippen LogP contribution in [0.25, 0.3) is 0 Å². The molecule has 5 heteroatoms. The Morgan fingerprint density at radius 2 is 1.95 bits per heavy atom. The van der Waals surface area contributed by atoms with E-state index in [0.717, 1.165) is 0 Å². The lowest BCUT2D eigenvalue weighted by Crippen LogP contribution is -2.20. The van der Waals surface area contributed by atoms with Gasteiger partial charge in [0.1, 0.15) is 23.3 Å². The van der Waals surface area contributed by atoms with E-state index in [4.69, 9.17) is 10.00 Å². The van der Waals surface area contributed by atoms with Crippen molar-refractivity contribution in [2.45, 2.75) is 26.7 Å². The van der Waals surface area contributed by atoms with Crippen LogP contribution in [0.4, 0.5) is 0 Å². The highest BCUT2D eigenvalue weighted by atomic mass is 16.5. The van der Waals surface area contributed by atoms with Crippen molar-refractivity contribution in [1.29, 1.82) is 10.5 Å². The highest BCUT2D eigenvalue weighted by Crippen LogP contribution is 2.39. The Labute approximate surface area is 122 Å². The smallest absolute Gasteiger partial charge is 0.160 e. The summed E-state index contributed by atoms with van der Waals surface area (Å²) in [6, 6.07) is 9.03. The number of ether oxygens (including phenoxy) is 1. The van der Waals surface area contributed by atoms with E-state index in [1.165, 1.54) is 6.92 Å². The van der Waals surface area contributed by atoms with Gasteiger partial charge in [-0.25, -0.2) is 4.98 Å². The number of carbonyl (C=O) groups is 1. The van der Waals surface area contributed by atoms with Crippen LogP contribution in [0.3, 0.4) is 0 Å². The largest absolute Gasteiger partial charge is 0.465 e. The van der Waals surface area contributed by atoms with Crippen molar-refractivity contribution < 1.29 is 9.53 Å². The van der Waals surface area contributed by atoms with E-state index in [1.54, 1.807) is 32.0 Å². The molecular formula is C16H13N3O2. The summed E-state index contributed by atoms with van der Waals surface area (Å²) in [4.78, 5) is 16.2. The number of rotatable bonds is 2. The third-order valence-corrected chi connectivity index (χ3v) is 3.32. The number of ketones is 1. The molecule has 0 radical (unpaired) electrons. The number of hydrogen-bond donors (Lipinski definition) is 0. The summed E-state index contributed by atoms with van der Waals surface area (Å²) in [5.41, 5.74) is 1.49. The number of carbonyl (C=O) groups excluding carboxylic acids is 1. The standard InChI is InChI=1S/C16H13N3O2/c1-9(20)15-11(3)21-10(2)13(8-18)16(15)14-6-4-5-12(7-17)19-14/h4-6,16H,1-3H3. The van der Waals surface area contributed by atoms with E-state index in [1.807, 2.05) is 6.07 Å². The summed E-state index contributed by atoms with van der Waals surface area (Å²) in [6.45, 7) is 4.80. The zero-order valence-electron chi connectivity index (χ0n) is 12.0. The lowest BCUT2D eigenvalue weighted by Gasteiger charge is -2.26. The molecule has 2 rings (SSSR count). The number of hydrogen-bond acceptors (Lipinski definition) is 5. The Kier molecular flexibility index (Phi) is 3.86. The zero-order chi connectivity index (χ0) is 15.6. The molecular weight excluding hydrogens is 266 g/mol. The maximum Gasteiger partial charge on any atom is 0.160 e. The van der Waals surface area contributed by atoms with E-state index >= 15 is 0 Å². The fraction of sp³-hybridized carbons (Fsp3) is 0.250. The Bertz CT molecular complexity index is 760. The van der Waals surface area contributed by atoms with Crippen LogP contribution >= 0.6 is 0 Å². The van der Waals surface area contributed by atoms with Gasteiger partial charge in [0.15, 0.2) is 5.78 Å². The Hall–Kier alpha value is -2.92. The molecule has 0 saturated heterocycles. The Morgan fingerprint density at radius 1 is 1.24 bits per heavy atom. The molecule has 1 atom stereocenters. The second kappa shape index (κ2) is 5.60. The average molecular weight is 279 g/mol. The van der Waals surface area contributed by atoms with Crippen molar-refractivity contribution >= 4 is 5.78 Å². The summed E-state index contributed by atoms with van der Waals surface area (Å²) in [5, 5.41) is 18.4. The molecule has 21 heavy (non-hydrogen) atoms. The number of nitriles is 2. The molecule has 1 unspecified atom stereocenters. The molecule has 0 fully saturated rings. The van der Waals surface area contributed by atoms with E-state index in [-0.39, 0.29) is 11.5 Å². The maximum absolute atomic E-state index is 12.0. The summed E-state index contributed by atoms with van der Waals surface area (Å²) in [7, 11) is 0. The molecule has 2 heterocycles. The molecule has 1 aromatic heterocycles. The quantitative estimate of drug-likeness (QED) is 0.830. The molecule has 0 saturated carbocycles. The summed E-state index contributed by atoms with van der Waals surface area (Å²) >= 11 is 0. The topological polar surface area (TPSA) is 86.8 Å². The van der Waals surface area contributed by atoms with Gasteiger partial charge in [-0.15, -0.1) is 0 Å². The predicted molar refractivity (Wildman–Crippen MR) is 74.5 cm³/mol. The van der Waals surface area contributed by atoms with Crippen molar-refractivity contribution in [3.05, 3.63) is 52.3 Å². The molecule has 1 aliphatic heterocycles. The van der Waals surface area contributed by atoms with Crippen LogP contribution in [0.15, 0.2) is 40.9 Å². The minimum absolute atomic E-state index is 0.179. The van der Waals surface area contributed by atoms with E-state index in [2.05, 4.69) is 11.1 Å². The average Bonchev–Trinajstić information content (AvgIpc) is 2.46. The van der Waals surface area contributed by atoms with Gasteiger partial charge >= 0.3 is 0 Å². The molecule has 0 N–H and O–H groups in total. The lowest BCUT2D eigenvalue weighted by atomic mass is 9.83. The molecule has 0 aromatic carbocycles. The molecule has 104 valence electrons. The fourth-order valence-corrected chi connectivity index (χ4v) is 2.46. The fourth-order valence-electron chi connectivity index (χ4n) is 2.46. The van der Waals surface area contributed by atoms with Crippen molar-refractivity contribution in [3.63, 3.8) is 0 Å². The van der Waals surface area contributed by atoms with Gasteiger partial charge < -0.3 is 4.74 Å². The van der Waals surface area contributed by atoms with Crippen LogP contribution in [-0.4, -0.2) is 10.8 Å².